The van der Waals surface area contributed by atoms with Crippen molar-refractivity contribution in [2.24, 2.45) is 5.92 Å². The second-order valence-electron chi connectivity index (χ2n) is 8.93. The summed E-state index contributed by atoms with van der Waals surface area (Å²) in [6, 6.07) is 16.2. The van der Waals surface area contributed by atoms with Crippen molar-refractivity contribution in [3.8, 4) is 11.1 Å². The topological polar surface area (TPSA) is 118 Å². The van der Waals surface area contributed by atoms with E-state index in [9.17, 15) is 14.4 Å². The van der Waals surface area contributed by atoms with Crippen molar-refractivity contribution in [1.82, 2.24) is 10.3 Å². The summed E-state index contributed by atoms with van der Waals surface area (Å²) in [5.74, 6) is -1.04. The predicted octanol–water partition coefficient (Wildman–Crippen LogP) is 4.88. The van der Waals surface area contributed by atoms with Crippen LogP contribution in [-0.2, 0) is 9.53 Å². The fraction of sp³-hybridized carbons (Fsp3) is 0.308. The van der Waals surface area contributed by atoms with Crippen molar-refractivity contribution in [3.05, 3.63) is 70.7 Å². The molecule has 180 valence electrons. The molecule has 2 aliphatic carbocycles. The summed E-state index contributed by atoms with van der Waals surface area (Å²) in [5, 5.41) is 14.8. The van der Waals surface area contributed by atoms with Gasteiger partial charge >= 0.3 is 12.1 Å². The molecular formula is C26H25N3O5S. The van der Waals surface area contributed by atoms with Crippen LogP contribution in [0, 0.1) is 5.92 Å². The van der Waals surface area contributed by atoms with E-state index in [1.807, 2.05) is 24.3 Å². The largest absolute Gasteiger partial charge is 0.481 e. The number of amides is 2. The molecule has 2 atom stereocenters. The molecule has 35 heavy (non-hydrogen) atoms. The maximum atomic E-state index is 12.6. The van der Waals surface area contributed by atoms with E-state index >= 15 is 0 Å². The molecule has 0 bridgehead atoms. The summed E-state index contributed by atoms with van der Waals surface area (Å²) in [6.45, 7) is 0.192. The molecule has 9 heteroatoms. The van der Waals surface area contributed by atoms with Gasteiger partial charge in [-0.3, -0.25) is 14.9 Å². The van der Waals surface area contributed by atoms with Crippen LogP contribution >= 0.6 is 11.3 Å². The van der Waals surface area contributed by atoms with Crippen LogP contribution < -0.4 is 10.6 Å². The van der Waals surface area contributed by atoms with Crippen molar-refractivity contribution in [3.63, 3.8) is 0 Å². The van der Waals surface area contributed by atoms with Crippen LogP contribution in [0.1, 0.15) is 52.4 Å². The number of nitrogens with one attached hydrogen (secondary N) is 2. The third-order valence-electron chi connectivity index (χ3n) is 6.62. The first-order valence-electron chi connectivity index (χ1n) is 11.6. The van der Waals surface area contributed by atoms with Gasteiger partial charge in [-0.2, -0.15) is 0 Å². The number of carboxylic acids is 1. The molecule has 2 aromatic carbocycles. The highest BCUT2D eigenvalue weighted by Gasteiger charge is 2.30. The lowest BCUT2D eigenvalue weighted by atomic mass is 9.98. The summed E-state index contributed by atoms with van der Waals surface area (Å²) in [6.07, 6.45) is 3.12. The van der Waals surface area contributed by atoms with Gasteiger partial charge in [-0.05, 0) is 47.4 Å². The Labute approximate surface area is 206 Å². The Hall–Kier alpha value is -3.72. The van der Waals surface area contributed by atoms with Crippen LogP contribution in [0.5, 0.6) is 0 Å². The molecule has 8 nitrogen and oxygen atoms in total. The lowest BCUT2D eigenvalue weighted by molar-refractivity contribution is -0.138. The molecule has 0 aliphatic heterocycles. The molecule has 2 amide bonds. The minimum atomic E-state index is -0.812. The standard InChI is InChI=1S/C26H25N3O5S/c30-23(31)12-15-9-10-16(11-15)28-24(32)22-13-27-25(35-22)29-26(33)34-14-21-19-7-3-1-5-17(19)18-6-2-4-8-20(18)21/h1-8,13,15-16,21H,9-12,14H2,(H,28,32)(H,30,31)(H,27,29,33)/t15-,16+/m0/s1. The number of nitrogens with zero attached hydrogens (tertiary/aromatic N) is 1. The number of thiazole rings is 1. The monoisotopic (exact) mass is 491 g/mol. The molecule has 3 aromatic rings. The number of carbonyl (C=O) groups is 3. The molecule has 0 unspecified atom stereocenters. The molecule has 1 saturated carbocycles. The molecule has 0 radical (unpaired) electrons. The molecule has 1 aromatic heterocycles. The summed E-state index contributed by atoms with van der Waals surface area (Å²) in [4.78, 5) is 40.4. The number of ether oxygens (including phenoxy) is 1. The molecule has 0 saturated heterocycles. The average molecular weight is 492 g/mol. The Morgan fingerprint density at radius 3 is 2.40 bits per heavy atom. The zero-order valence-electron chi connectivity index (χ0n) is 18.9. The zero-order chi connectivity index (χ0) is 24.4. The van der Waals surface area contributed by atoms with E-state index in [0.29, 0.717) is 11.3 Å². The fourth-order valence-electron chi connectivity index (χ4n) is 5.05. The fourth-order valence-corrected chi connectivity index (χ4v) is 5.76. The minimum Gasteiger partial charge on any atom is -0.481 e. The Bertz CT molecular complexity index is 1230. The third kappa shape index (κ3) is 5.05. The first-order chi connectivity index (χ1) is 17.0. The predicted molar refractivity (Wildman–Crippen MR) is 132 cm³/mol. The summed E-state index contributed by atoms with van der Waals surface area (Å²) < 4.78 is 5.53. The number of carbonyl (C=O) groups excluding carboxylic acids is 2. The van der Waals surface area contributed by atoms with E-state index in [-0.39, 0.29) is 41.9 Å². The van der Waals surface area contributed by atoms with Gasteiger partial charge in [0.15, 0.2) is 5.13 Å². The van der Waals surface area contributed by atoms with Gasteiger partial charge in [0.05, 0.1) is 6.20 Å². The number of aliphatic carboxylic acids is 1. The maximum absolute atomic E-state index is 12.6. The van der Waals surface area contributed by atoms with Gasteiger partial charge in [-0.1, -0.05) is 59.9 Å². The lowest BCUT2D eigenvalue weighted by Gasteiger charge is -2.14. The second-order valence-corrected chi connectivity index (χ2v) is 9.96. The van der Waals surface area contributed by atoms with E-state index in [2.05, 4.69) is 39.9 Å². The quantitative estimate of drug-likeness (QED) is 0.434. The van der Waals surface area contributed by atoms with Gasteiger partial charge in [0.1, 0.15) is 11.5 Å². The molecule has 2 aliphatic rings. The van der Waals surface area contributed by atoms with Gasteiger partial charge in [-0.15, -0.1) is 0 Å². The molecule has 0 spiro atoms. The Kier molecular flexibility index (Phi) is 6.50. The van der Waals surface area contributed by atoms with Crippen LogP contribution in [0.15, 0.2) is 54.7 Å². The summed E-state index contributed by atoms with van der Waals surface area (Å²) >= 11 is 1.07. The lowest BCUT2D eigenvalue weighted by Crippen LogP contribution is -2.32. The molecule has 3 N–H and O–H groups in total. The van der Waals surface area contributed by atoms with E-state index in [1.165, 1.54) is 6.20 Å². The van der Waals surface area contributed by atoms with Gasteiger partial charge in [0.25, 0.3) is 5.91 Å². The maximum Gasteiger partial charge on any atom is 0.413 e. The van der Waals surface area contributed by atoms with Crippen LogP contribution in [-0.4, -0.2) is 40.7 Å². The Morgan fingerprint density at radius 1 is 1.03 bits per heavy atom. The highest BCUT2D eigenvalue weighted by molar-refractivity contribution is 7.17. The number of benzene rings is 2. The van der Waals surface area contributed by atoms with Gasteiger partial charge in [0, 0.05) is 18.4 Å². The van der Waals surface area contributed by atoms with Gasteiger partial charge < -0.3 is 15.2 Å². The zero-order valence-corrected chi connectivity index (χ0v) is 19.7. The van der Waals surface area contributed by atoms with Crippen LogP contribution in [0.2, 0.25) is 0 Å². The average Bonchev–Trinajstić information content (AvgIpc) is 3.55. The molecular weight excluding hydrogens is 466 g/mol. The SMILES string of the molecule is O=C(O)C[C@H]1CC[C@@H](NC(=O)c2cnc(NC(=O)OCC3c4ccccc4-c4ccccc43)s2)C1. The van der Waals surface area contributed by atoms with Crippen LogP contribution in [0.3, 0.4) is 0 Å². The second kappa shape index (κ2) is 9.87. The number of aromatic nitrogens is 1. The highest BCUT2D eigenvalue weighted by Crippen LogP contribution is 2.44. The molecule has 5 rings (SSSR count). The Morgan fingerprint density at radius 2 is 1.71 bits per heavy atom. The highest BCUT2D eigenvalue weighted by atomic mass is 32.1. The van der Waals surface area contributed by atoms with E-state index in [1.54, 1.807) is 0 Å². The number of rotatable bonds is 7. The van der Waals surface area contributed by atoms with Crippen molar-refractivity contribution in [1.29, 1.82) is 0 Å². The number of carboxylic acid groups (broad SMARTS) is 1. The summed E-state index contributed by atoms with van der Waals surface area (Å²) in [5.41, 5.74) is 4.58. The number of fused-ring (bicyclic) bond motifs is 3. The van der Waals surface area contributed by atoms with Crippen molar-refractivity contribution in [2.75, 3.05) is 11.9 Å². The van der Waals surface area contributed by atoms with E-state index in [0.717, 1.165) is 46.4 Å². The van der Waals surface area contributed by atoms with Crippen LogP contribution in [0.25, 0.3) is 11.1 Å². The van der Waals surface area contributed by atoms with Crippen molar-refractivity contribution in [2.45, 2.75) is 37.6 Å². The van der Waals surface area contributed by atoms with Crippen LogP contribution in [0.4, 0.5) is 9.93 Å². The van der Waals surface area contributed by atoms with Gasteiger partial charge in [0.2, 0.25) is 0 Å². The minimum absolute atomic E-state index is 0.0397. The first kappa shape index (κ1) is 23.0. The first-order valence-corrected chi connectivity index (χ1v) is 12.4. The number of hydrogen-bond acceptors (Lipinski definition) is 6. The third-order valence-corrected chi connectivity index (χ3v) is 7.53. The van der Waals surface area contributed by atoms with E-state index < -0.39 is 12.1 Å². The molecule has 1 heterocycles. The normalized spacial score (nSPS) is 18.5. The van der Waals surface area contributed by atoms with Crippen molar-refractivity contribution < 1.29 is 24.2 Å². The summed E-state index contributed by atoms with van der Waals surface area (Å²) in [7, 11) is 0. The Balaban J connectivity index is 1.15. The smallest absolute Gasteiger partial charge is 0.413 e. The van der Waals surface area contributed by atoms with Crippen molar-refractivity contribution >= 4 is 34.4 Å². The number of hydrogen-bond donors (Lipinski definition) is 3. The van der Waals surface area contributed by atoms with Gasteiger partial charge in [-0.25, -0.2) is 9.78 Å². The molecule has 1 fully saturated rings. The number of anilines is 1. The van der Waals surface area contributed by atoms with E-state index in [4.69, 9.17) is 9.84 Å².